The number of aromatic nitrogens is 2. The molecule has 0 radical (unpaired) electrons. The van der Waals surface area contributed by atoms with Crippen molar-refractivity contribution in [2.45, 2.75) is 26.9 Å². The Labute approximate surface area is 283 Å². The number of para-hydroxylation sites is 4. The van der Waals surface area contributed by atoms with E-state index in [1.165, 1.54) is 17.7 Å². The zero-order valence-corrected chi connectivity index (χ0v) is 27.5. The van der Waals surface area contributed by atoms with E-state index >= 15 is 0 Å². The van der Waals surface area contributed by atoms with E-state index in [1.807, 2.05) is 134 Å². The molecule has 0 aliphatic rings. The van der Waals surface area contributed by atoms with Crippen LogP contribution in [0.3, 0.4) is 0 Å². The molecule has 0 aliphatic carbocycles. The van der Waals surface area contributed by atoms with Crippen molar-refractivity contribution in [3.8, 4) is 11.4 Å². The molecule has 8 aromatic rings. The van der Waals surface area contributed by atoms with Gasteiger partial charge in [-0.1, -0.05) is 116 Å². The fraction of sp³-hybridized carbons (Fsp3) is 0.0952. The lowest BCUT2D eigenvalue weighted by molar-refractivity contribution is -0.137. The van der Waals surface area contributed by atoms with Gasteiger partial charge in [0.2, 0.25) is 0 Å². The van der Waals surface area contributed by atoms with Crippen LogP contribution in [0.15, 0.2) is 152 Å². The van der Waals surface area contributed by atoms with Crippen molar-refractivity contribution in [2.75, 3.05) is 11.1 Å². The Hall–Kier alpha value is -5.95. The first-order chi connectivity index (χ1) is 23.8. The molecule has 2 aromatic heterocycles. The van der Waals surface area contributed by atoms with Crippen molar-refractivity contribution in [1.82, 2.24) is 9.13 Å². The summed E-state index contributed by atoms with van der Waals surface area (Å²) in [7, 11) is 0. The summed E-state index contributed by atoms with van der Waals surface area (Å²) in [6.45, 7) is 6.08. The zero-order chi connectivity index (χ0) is 34.5. The quantitative estimate of drug-likeness (QED) is 0.198. The highest BCUT2D eigenvalue weighted by Crippen LogP contribution is 2.45. The topological polar surface area (TPSA) is 47.9 Å². The number of nitrogens with two attached hydrogens (primary N) is 1. The van der Waals surface area contributed by atoms with Crippen LogP contribution in [0, 0.1) is 6.92 Å². The standard InChI is InChI=1S/C33H23F3N4.C7H8.C2H6/c34-33(35,36)25-16-8-10-18-27(25)40-26-17-9-7-15-23(26)29-28(40)20-19-24-30(38-21-11-3-1-4-12-21)32(37)39(31(24)29)22-13-5-2-6-14-22;1-7-5-3-2-4-6-7;1-2/h1-20,38H,37H2;2-6H,1H3;1-2H3. The van der Waals surface area contributed by atoms with E-state index in [-0.39, 0.29) is 5.69 Å². The molecule has 246 valence electrons. The molecule has 7 heteroatoms. The number of fused-ring (bicyclic) bond motifs is 5. The number of aryl methyl sites for hydroxylation is 1. The van der Waals surface area contributed by atoms with Gasteiger partial charge in [-0.15, -0.1) is 0 Å². The fourth-order valence-corrected chi connectivity index (χ4v) is 6.19. The molecule has 4 nitrogen and oxygen atoms in total. The molecular formula is C42H37F3N4. The van der Waals surface area contributed by atoms with Gasteiger partial charge in [-0.2, -0.15) is 13.2 Å². The molecule has 0 bridgehead atoms. The van der Waals surface area contributed by atoms with Gasteiger partial charge in [0.1, 0.15) is 5.82 Å². The number of anilines is 3. The third-order valence-corrected chi connectivity index (χ3v) is 8.25. The Morgan fingerprint density at radius 3 is 1.78 bits per heavy atom. The summed E-state index contributed by atoms with van der Waals surface area (Å²) in [4.78, 5) is 0. The first-order valence-electron chi connectivity index (χ1n) is 16.2. The highest BCUT2D eigenvalue weighted by molar-refractivity contribution is 6.24. The van der Waals surface area contributed by atoms with Crippen LogP contribution in [0.4, 0.5) is 30.4 Å². The Morgan fingerprint density at radius 1 is 0.571 bits per heavy atom. The number of alkyl halides is 3. The van der Waals surface area contributed by atoms with Crippen molar-refractivity contribution in [1.29, 1.82) is 0 Å². The second kappa shape index (κ2) is 14.0. The van der Waals surface area contributed by atoms with E-state index in [1.54, 1.807) is 10.6 Å². The van der Waals surface area contributed by atoms with Crippen molar-refractivity contribution < 1.29 is 13.2 Å². The summed E-state index contributed by atoms with van der Waals surface area (Å²) in [6, 6.07) is 46.8. The lowest BCUT2D eigenvalue weighted by atomic mass is 10.1. The van der Waals surface area contributed by atoms with Crippen molar-refractivity contribution in [3.05, 3.63) is 163 Å². The van der Waals surface area contributed by atoms with Crippen LogP contribution in [0.25, 0.3) is 44.1 Å². The molecule has 0 saturated heterocycles. The molecule has 0 spiro atoms. The predicted octanol–water partition coefficient (Wildman–Crippen LogP) is 12.1. The van der Waals surface area contributed by atoms with Crippen LogP contribution in [0.5, 0.6) is 0 Å². The van der Waals surface area contributed by atoms with E-state index in [0.29, 0.717) is 16.9 Å². The molecule has 3 N–H and O–H groups in total. The monoisotopic (exact) mass is 654 g/mol. The minimum absolute atomic E-state index is 0.0778. The number of nitrogens with one attached hydrogen (secondary N) is 1. The largest absolute Gasteiger partial charge is 0.418 e. The first-order valence-corrected chi connectivity index (χ1v) is 16.2. The van der Waals surface area contributed by atoms with E-state index < -0.39 is 11.7 Å². The molecule has 49 heavy (non-hydrogen) atoms. The Kier molecular flexibility index (Phi) is 9.44. The Morgan fingerprint density at radius 2 is 1.14 bits per heavy atom. The van der Waals surface area contributed by atoms with Gasteiger partial charge < -0.3 is 15.6 Å². The number of nitrogen functional groups attached to an aromatic ring is 1. The highest BCUT2D eigenvalue weighted by atomic mass is 19.4. The van der Waals surface area contributed by atoms with Crippen molar-refractivity contribution in [3.63, 3.8) is 0 Å². The Balaban J connectivity index is 0.000000409. The Bertz CT molecular complexity index is 2320. The second-order valence-electron chi connectivity index (χ2n) is 11.3. The van der Waals surface area contributed by atoms with Gasteiger partial charge >= 0.3 is 6.18 Å². The summed E-state index contributed by atoms with van der Waals surface area (Å²) in [5, 5.41) is 6.01. The van der Waals surface area contributed by atoms with Crippen molar-refractivity contribution >= 4 is 49.9 Å². The lowest BCUT2D eigenvalue weighted by Crippen LogP contribution is -2.10. The van der Waals surface area contributed by atoms with E-state index in [0.717, 1.165) is 44.8 Å². The second-order valence-corrected chi connectivity index (χ2v) is 11.3. The third kappa shape index (κ3) is 6.35. The number of benzene rings is 6. The third-order valence-electron chi connectivity index (χ3n) is 8.25. The lowest BCUT2D eigenvalue weighted by Gasteiger charge is -2.15. The molecular weight excluding hydrogens is 617 g/mol. The van der Waals surface area contributed by atoms with Crippen LogP contribution in [0.2, 0.25) is 0 Å². The molecule has 6 aromatic carbocycles. The summed E-state index contributed by atoms with van der Waals surface area (Å²) >= 11 is 0. The van der Waals surface area contributed by atoms with Crippen molar-refractivity contribution in [2.24, 2.45) is 0 Å². The molecule has 0 saturated carbocycles. The molecule has 0 aliphatic heterocycles. The van der Waals surface area contributed by atoms with E-state index in [9.17, 15) is 13.2 Å². The zero-order valence-electron chi connectivity index (χ0n) is 27.5. The van der Waals surface area contributed by atoms with Crippen LogP contribution in [-0.2, 0) is 6.18 Å². The summed E-state index contributed by atoms with van der Waals surface area (Å²) in [6.07, 6.45) is -4.51. The summed E-state index contributed by atoms with van der Waals surface area (Å²) in [5.41, 5.74) is 12.2. The van der Waals surface area contributed by atoms with Crippen LogP contribution in [0.1, 0.15) is 25.0 Å². The van der Waals surface area contributed by atoms with E-state index in [4.69, 9.17) is 5.73 Å². The maximum atomic E-state index is 14.2. The molecule has 0 unspecified atom stereocenters. The van der Waals surface area contributed by atoms with Gasteiger partial charge in [0.05, 0.1) is 33.5 Å². The minimum atomic E-state index is -4.51. The predicted molar refractivity (Wildman–Crippen MR) is 199 cm³/mol. The maximum Gasteiger partial charge on any atom is 0.418 e. The summed E-state index contributed by atoms with van der Waals surface area (Å²) in [5.74, 6) is 0.505. The fourth-order valence-electron chi connectivity index (χ4n) is 6.19. The van der Waals surface area contributed by atoms with Crippen LogP contribution < -0.4 is 11.1 Å². The van der Waals surface area contributed by atoms with Gasteiger partial charge in [0.15, 0.2) is 0 Å². The molecule has 0 fully saturated rings. The minimum Gasteiger partial charge on any atom is -0.383 e. The average molecular weight is 655 g/mol. The number of halogens is 3. The number of nitrogens with zero attached hydrogens (tertiary/aromatic N) is 2. The highest BCUT2D eigenvalue weighted by Gasteiger charge is 2.34. The molecule has 0 amide bonds. The number of hydrogen-bond acceptors (Lipinski definition) is 2. The van der Waals surface area contributed by atoms with Gasteiger partial charge in [0.25, 0.3) is 0 Å². The van der Waals surface area contributed by atoms with Crippen LogP contribution in [-0.4, -0.2) is 9.13 Å². The average Bonchev–Trinajstić information content (AvgIpc) is 3.61. The molecule has 2 heterocycles. The number of rotatable bonds is 4. The van der Waals surface area contributed by atoms with Gasteiger partial charge in [-0.25, -0.2) is 0 Å². The number of hydrogen-bond donors (Lipinski definition) is 2. The van der Waals surface area contributed by atoms with Gasteiger partial charge in [0, 0.05) is 27.5 Å². The van der Waals surface area contributed by atoms with Gasteiger partial charge in [-0.05, 0) is 61.5 Å². The SMILES string of the molecule is CC.Cc1ccccc1.Nc1c(Nc2ccccc2)c2ccc3c(c4ccccc4n3-c3ccccc3C(F)(F)F)c2n1-c1ccccc1. The van der Waals surface area contributed by atoms with E-state index in [2.05, 4.69) is 24.4 Å². The van der Waals surface area contributed by atoms with Gasteiger partial charge in [-0.3, -0.25) is 4.57 Å². The smallest absolute Gasteiger partial charge is 0.383 e. The maximum absolute atomic E-state index is 14.2. The summed E-state index contributed by atoms with van der Waals surface area (Å²) < 4.78 is 46.3. The molecule has 8 rings (SSSR count). The normalized spacial score (nSPS) is 11.1. The van der Waals surface area contributed by atoms with Crippen LogP contribution >= 0.6 is 0 Å². The molecule has 0 atom stereocenters. The first kappa shape index (κ1) is 33.0.